The quantitative estimate of drug-likeness (QED) is 0.806. The minimum Gasteiger partial charge on any atom is -0.468 e. The molecule has 0 bridgehead atoms. The summed E-state index contributed by atoms with van der Waals surface area (Å²) in [7, 11) is 1.37. The Bertz CT molecular complexity index is 677. The number of hydrogen-bond donors (Lipinski definition) is 0. The Balaban J connectivity index is 1.97. The van der Waals surface area contributed by atoms with Gasteiger partial charge >= 0.3 is 5.97 Å². The van der Waals surface area contributed by atoms with Crippen LogP contribution in [-0.4, -0.2) is 23.2 Å². The van der Waals surface area contributed by atoms with Crippen molar-refractivity contribution in [1.82, 2.24) is 10.1 Å². The predicted molar refractivity (Wildman–Crippen MR) is 75.1 cm³/mol. The molecule has 20 heavy (non-hydrogen) atoms. The number of halogens is 1. The first-order valence-corrected chi connectivity index (χ1v) is 7.05. The normalized spacial score (nSPS) is 15.9. The van der Waals surface area contributed by atoms with Crippen molar-refractivity contribution in [2.75, 3.05) is 7.11 Å². The van der Waals surface area contributed by atoms with Gasteiger partial charge in [0.2, 0.25) is 11.7 Å². The van der Waals surface area contributed by atoms with Crippen LogP contribution in [0, 0.1) is 6.92 Å². The molecule has 0 saturated heterocycles. The van der Waals surface area contributed by atoms with Crippen molar-refractivity contribution >= 4 is 21.9 Å². The summed E-state index contributed by atoms with van der Waals surface area (Å²) >= 11 is 3.49. The van der Waals surface area contributed by atoms with Gasteiger partial charge < -0.3 is 9.26 Å². The third kappa shape index (κ3) is 2.04. The van der Waals surface area contributed by atoms with E-state index in [0.717, 1.165) is 15.6 Å². The number of esters is 1. The zero-order valence-electron chi connectivity index (χ0n) is 11.1. The van der Waals surface area contributed by atoms with Gasteiger partial charge in [0, 0.05) is 10.0 Å². The molecule has 6 heteroatoms. The molecule has 0 N–H and O–H groups in total. The van der Waals surface area contributed by atoms with Crippen molar-refractivity contribution in [3.63, 3.8) is 0 Å². The number of hydrogen-bond acceptors (Lipinski definition) is 5. The lowest BCUT2D eigenvalue weighted by molar-refractivity contribution is -0.144. The van der Waals surface area contributed by atoms with E-state index in [4.69, 9.17) is 9.26 Å². The van der Waals surface area contributed by atoms with Gasteiger partial charge in [0.25, 0.3) is 0 Å². The molecule has 2 aromatic rings. The van der Waals surface area contributed by atoms with Crippen LogP contribution in [0.3, 0.4) is 0 Å². The van der Waals surface area contributed by atoms with Crippen LogP contribution < -0.4 is 0 Å². The lowest BCUT2D eigenvalue weighted by Crippen LogP contribution is -2.22. The molecule has 1 aliphatic carbocycles. The van der Waals surface area contributed by atoms with Crippen LogP contribution in [-0.2, 0) is 14.9 Å². The smallest absolute Gasteiger partial charge is 0.321 e. The number of rotatable bonds is 3. The van der Waals surface area contributed by atoms with Gasteiger partial charge in [0.15, 0.2) is 0 Å². The summed E-state index contributed by atoms with van der Waals surface area (Å²) < 4.78 is 11.0. The molecule has 0 spiro atoms. The highest BCUT2D eigenvalue weighted by molar-refractivity contribution is 9.10. The van der Waals surface area contributed by atoms with E-state index < -0.39 is 5.41 Å². The standard InChI is InChI=1S/C14H13BrN2O3/c1-8-3-4-9(10(15)7-8)11-16-12(20-17-11)14(5-6-14)13(18)19-2/h3-4,7H,5-6H2,1-2H3. The first kappa shape index (κ1) is 13.3. The molecule has 3 rings (SSSR count). The number of ether oxygens (including phenoxy) is 1. The van der Waals surface area contributed by atoms with E-state index in [-0.39, 0.29) is 5.97 Å². The van der Waals surface area contributed by atoms with Gasteiger partial charge in [0.05, 0.1) is 7.11 Å². The second-order valence-corrected chi connectivity index (χ2v) is 5.83. The van der Waals surface area contributed by atoms with Crippen molar-refractivity contribution in [2.45, 2.75) is 25.2 Å². The summed E-state index contributed by atoms with van der Waals surface area (Å²) in [6, 6.07) is 5.88. The van der Waals surface area contributed by atoms with E-state index in [0.29, 0.717) is 24.6 Å². The van der Waals surface area contributed by atoms with Crippen molar-refractivity contribution in [2.24, 2.45) is 0 Å². The fourth-order valence-corrected chi connectivity index (χ4v) is 2.82. The summed E-state index contributed by atoms with van der Waals surface area (Å²) in [4.78, 5) is 16.2. The van der Waals surface area contributed by atoms with E-state index in [1.807, 2.05) is 25.1 Å². The highest BCUT2D eigenvalue weighted by Crippen LogP contribution is 2.48. The Morgan fingerprint density at radius 3 is 2.80 bits per heavy atom. The molecular weight excluding hydrogens is 324 g/mol. The summed E-state index contributed by atoms with van der Waals surface area (Å²) in [5.41, 5.74) is 1.25. The summed E-state index contributed by atoms with van der Waals surface area (Å²) in [5, 5.41) is 3.98. The Morgan fingerprint density at radius 2 is 2.20 bits per heavy atom. The molecular formula is C14H13BrN2O3. The summed E-state index contributed by atoms with van der Waals surface area (Å²) in [5.74, 6) is 0.504. The fraction of sp³-hybridized carbons (Fsp3) is 0.357. The van der Waals surface area contributed by atoms with Crippen LogP contribution in [0.25, 0.3) is 11.4 Å². The van der Waals surface area contributed by atoms with Crippen molar-refractivity contribution in [3.8, 4) is 11.4 Å². The summed E-state index contributed by atoms with van der Waals surface area (Å²) in [6.07, 6.45) is 1.38. The Hall–Kier alpha value is -1.69. The molecule has 0 atom stereocenters. The Labute approximate surface area is 124 Å². The molecule has 1 saturated carbocycles. The van der Waals surface area contributed by atoms with Gasteiger partial charge in [-0.3, -0.25) is 4.79 Å². The average molecular weight is 337 g/mol. The maximum absolute atomic E-state index is 11.8. The minimum atomic E-state index is -0.725. The number of carbonyl (C=O) groups is 1. The molecule has 0 unspecified atom stereocenters. The lowest BCUT2D eigenvalue weighted by atomic mass is 10.1. The molecule has 1 fully saturated rings. The highest BCUT2D eigenvalue weighted by Gasteiger charge is 2.57. The maximum atomic E-state index is 11.8. The largest absolute Gasteiger partial charge is 0.468 e. The number of carbonyl (C=O) groups excluding carboxylic acids is 1. The monoisotopic (exact) mass is 336 g/mol. The summed E-state index contributed by atoms with van der Waals surface area (Å²) in [6.45, 7) is 2.01. The van der Waals surface area contributed by atoms with Crippen LogP contribution in [0.15, 0.2) is 27.2 Å². The van der Waals surface area contributed by atoms with Crippen LogP contribution in [0.1, 0.15) is 24.3 Å². The minimum absolute atomic E-state index is 0.310. The fourth-order valence-electron chi connectivity index (χ4n) is 2.15. The van der Waals surface area contributed by atoms with Gasteiger partial charge in [-0.15, -0.1) is 0 Å². The number of benzene rings is 1. The zero-order chi connectivity index (χ0) is 14.3. The van der Waals surface area contributed by atoms with Crippen LogP contribution in [0.4, 0.5) is 0 Å². The van der Waals surface area contributed by atoms with Crippen molar-refractivity contribution < 1.29 is 14.1 Å². The topological polar surface area (TPSA) is 65.2 Å². The maximum Gasteiger partial charge on any atom is 0.321 e. The number of aryl methyl sites for hydroxylation is 1. The third-order valence-corrected chi connectivity index (χ3v) is 4.18. The van der Waals surface area contributed by atoms with E-state index in [1.54, 1.807) is 0 Å². The number of methoxy groups -OCH3 is 1. The molecule has 0 amide bonds. The number of nitrogens with zero attached hydrogens (tertiary/aromatic N) is 2. The molecule has 1 heterocycles. The molecule has 0 radical (unpaired) electrons. The average Bonchev–Trinajstić information content (AvgIpc) is 3.10. The zero-order valence-corrected chi connectivity index (χ0v) is 12.7. The van der Waals surface area contributed by atoms with E-state index >= 15 is 0 Å². The SMILES string of the molecule is COC(=O)C1(c2nc(-c3ccc(C)cc3Br)no2)CC1. The molecule has 1 aliphatic rings. The van der Waals surface area contributed by atoms with Gasteiger partial charge in [-0.1, -0.05) is 27.2 Å². The molecule has 1 aromatic heterocycles. The van der Waals surface area contributed by atoms with Crippen molar-refractivity contribution in [3.05, 3.63) is 34.1 Å². The lowest BCUT2D eigenvalue weighted by Gasteiger charge is -2.05. The first-order valence-electron chi connectivity index (χ1n) is 6.26. The Morgan fingerprint density at radius 1 is 1.45 bits per heavy atom. The van der Waals surface area contributed by atoms with Crippen LogP contribution >= 0.6 is 15.9 Å². The Kier molecular flexibility index (Phi) is 3.12. The highest BCUT2D eigenvalue weighted by atomic mass is 79.9. The molecule has 104 valence electrons. The third-order valence-electron chi connectivity index (χ3n) is 3.53. The van der Waals surface area contributed by atoms with E-state index in [2.05, 4.69) is 26.1 Å². The van der Waals surface area contributed by atoms with Gasteiger partial charge in [0.1, 0.15) is 5.41 Å². The van der Waals surface area contributed by atoms with E-state index in [1.165, 1.54) is 7.11 Å². The number of aromatic nitrogens is 2. The first-order chi connectivity index (χ1) is 9.56. The van der Waals surface area contributed by atoms with E-state index in [9.17, 15) is 4.79 Å². The predicted octanol–water partition coefficient (Wildman–Crippen LogP) is 3.01. The second-order valence-electron chi connectivity index (χ2n) is 4.98. The van der Waals surface area contributed by atoms with Gasteiger partial charge in [-0.2, -0.15) is 4.98 Å². The van der Waals surface area contributed by atoms with Gasteiger partial charge in [-0.25, -0.2) is 0 Å². The van der Waals surface area contributed by atoms with Crippen LogP contribution in [0.2, 0.25) is 0 Å². The molecule has 1 aromatic carbocycles. The van der Waals surface area contributed by atoms with Crippen molar-refractivity contribution in [1.29, 1.82) is 0 Å². The molecule has 0 aliphatic heterocycles. The van der Waals surface area contributed by atoms with Gasteiger partial charge in [-0.05, 0) is 37.5 Å². The second kappa shape index (κ2) is 4.70. The molecule has 5 nitrogen and oxygen atoms in total. The van der Waals surface area contributed by atoms with Crippen LogP contribution in [0.5, 0.6) is 0 Å².